The fourth-order valence-corrected chi connectivity index (χ4v) is 4.93. The average molecular weight is 491 g/mol. The van der Waals surface area contributed by atoms with E-state index in [1.165, 1.54) is 11.3 Å². The molecule has 0 bridgehead atoms. The Kier molecular flexibility index (Phi) is 7.60. The lowest BCUT2D eigenvalue weighted by Gasteiger charge is -2.32. The third kappa shape index (κ3) is 5.95. The number of nitrogens with zero attached hydrogens (tertiary/aromatic N) is 2. The first-order valence-electron chi connectivity index (χ1n) is 11.8. The summed E-state index contributed by atoms with van der Waals surface area (Å²) in [5.41, 5.74) is 2.98. The number of carbonyl (C=O) groups excluding carboxylic acids is 3. The summed E-state index contributed by atoms with van der Waals surface area (Å²) < 4.78 is 0. The maximum Gasteiger partial charge on any atom is 0.256 e. The molecule has 35 heavy (non-hydrogen) atoms. The topological polar surface area (TPSA) is 91.4 Å². The molecule has 7 nitrogen and oxygen atoms in total. The van der Waals surface area contributed by atoms with Crippen molar-refractivity contribution >= 4 is 39.9 Å². The minimum absolute atomic E-state index is 0.135. The summed E-state index contributed by atoms with van der Waals surface area (Å²) in [6.45, 7) is 6.98. The highest BCUT2D eigenvalue weighted by molar-refractivity contribution is 7.14. The minimum atomic E-state index is -0.314. The van der Waals surface area contributed by atoms with Gasteiger partial charge in [-0.3, -0.25) is 14.4 Å². The molecule has 0 saturated carbocycles. The van der Waals surface area contributed by atoms with E-state index in [2.05, 4.69) is 29.5 Å². The number of aromatic nitrogens is 1. The predicted molar refractivity (Wildman–Crippen MR) is 139 cm³/mol. The number of aryl methyl sites for hydroxylation is 1. The van der Waals surface area contributed by atoms with Gasteiger partial charge in [-0.1, -0.05) is 32.0 Å². The average Bonchev–Trinajstić information content (AvgIpc) is 3.31. The Bertz CT molecular complexity index is 1220. The van der Waals surface area contributed by atoms with E-state index in [4.69, 9.17) is 0 Å². The Hall–Kier alpha value is -3.52. The summed E-state index contributed by atoms with van der Waals surface area (Å²) in [6, 6.07) is 14.7. The maximum absolute atomic E-state index is 13.3. The number of anilines is 2. The summed E-state index contributed by atoms with van der Waals surface area (Å²) in [5, 5.41) is 8.07. The molecule has 4 rings (SSSR count). The molecular formula is C27H30N4O3S. The monoisotopic (exact) mass is 490 g/mol. The zero-order valence-corrected chi connectivity index (χ0v) is 21.0. The lowest BCUT2D eigenvalue weighted by atomic mass is 9.96. The van der Waals surface area contributed by atoms with Crippen molar-refractivity contribution < 1.29 is 14.4 Å². The van der Waals surface area contributed by atoms with Crippen LogP contribution in [0.1, 0.15) is 64.6 Å². The predicted octanol–water partition coefficient (Wildman–Crippen LogP) is 5.32. The van der Waals surface area contributed by atoms with Gasteiger partial charge in [0.05, 0.1) is 11.5 Å². The van der Waals surface area contributed by atoms with E-state index in [-0.39, 0.29) is 23.6 Å². The molecule has 1 unspecified atom stereocenters. The zero-order chi connectivity index (χ0) is 24.9. The van der Waals surface area contributed by atoms with Crippen LogP contribution in [-0.2, 0) is 4.79 Å². The number of carbonyl (C=O) groups is 3. The number of pyridine rings is 1. The van der Waals surface area contributed by atoms with Crippen LogP contribution in [0.4, 0.5) is 10.8 Å². The molecule has 0 aliphatic carbocycles. The highest BCUT2D eigenvalue weighted by Crippen LogP contribution is 2.28. The molecule has 1 aliphatic heterocycles. The van der Waals surface area contributed by atoms with Gasteiger partial charge in [0, 0.05) is 24.3 Å². The second kappa shape index (κ2) is 10.8. The van der Waals surface area contributed by atoms with Gasteiger partial charge in [0.25, 0.3) is 11.8 Å². The SMILES string of the molecule is Cc1cccc(NC(=O)C2CCCN(C(=O)c3ccsc3NC(=O)c3ccc(C(C)C)cc3)C2)n1. The molecule has 1 aliphatic rings. The normalized spacial score (nSPS) is 15.7. The van der Waals surface area contributed by atoms with Gasteiger partial charge in [0.1, 0.15) is 10.8 Å². The second-order valence-electron chi connectivity index (χ2n) is 9.14. The maximum atomic E-state index is 13.3. The van der Waals surface area contributed by atoms with Crippen LogP contribution in [0.5, 0.6) is 0 Å². The molecule has 1 atom stereocenters. The molecule has 3 amide bonds. The van der Waals surface area contributed by atoms with E-state index >= 15 is 0 Å². The minimum Gasteiger partial charge on any atom is -0.338 e. The van der Waals surface area contributed by atoms with Gasteiger partial charge in [-0.05, 0) is 67.0 Å². The van der Waals surface area contributed by atoms with Crippen molar-refractivity contribution in [3.8, 4) is 0 Å². The molecule has 0 spiro atoms. The van der Waals surface area contributed by atoms with E-state index in [1.807, 2.05) is 31.2 Å². The molecule has 1 fully saturated rings. The molecule has 8 heteroatoms. The number of likely N-dealkylation sites (tertiary alicyclic amines) is 1. The first-order chi connectivity index (χ1) is 16.8. The lowest BCUT2D eigenvalue weighted by molar-refractivity contribution is -0.121. The molecule has 182 valence electrons. The van der Waals surface area contributed by atoms with Crippen molar-refractivity contribution in [3.05, 3.63) is 76.3 Å². The van der Waals surface area contributed by atoms with Crippen molar-refractivity contribution in [3.63, 3.8) is 0 Å². The number of thiophene rings is 1. The van der Waals surface area contributed by atoms with Crippen LogP contribution in [0, 0.1) is 12.8 Å². The highest BCUT2D eigenvalue weighted by Gasteiger charge is 2.30. The van der Waals surface area contributed by atoms with E-state index in [0.29, 0.717) is 47.4 Å². The summed E-state index contributed by atoms with van der Waals surface area (Å²) in [4.78, 5) is 45.0. The molecule has 1 saturated heterocycles. The number of piperidine rings is 1. The largest absolute Gasteiger partial charge is 0.338 e. The summed E-state index contributed by atoms with van der Waals surface area (Å²) >= 11 is 1.32. The Labute approximate surface area is 209 Å². The first kappa shape index (κ1) is 24.6. The van der Waals surface area contributed by atoms with Crippen LogP contribution in [0.3, 0.4) is 0 Å². The number of hydrogen-bond acceptors (Lipinski definition) is 5. The van der Waals surface area contributed by atoms with Crippen molar-refractivity contribution in [1.82, 2.24) is 9.88 Å². The smallest absolute Gasteiger partial charge is 0.256 e. The van der Waals surface area contributed by atoms with Crippen LogP contribution < -0.4 is 10.6 Å². The number of amides is 3. The Morgan fingerprint density at radius 3 is 2.54 bits per heavy atom. The number of hydrogen-bond donors (Lipinski definition) is 2. The number of rotatable bonds is 6. The molecule has 2 N–H and O–H groups in total. The van der Waals surface area contributed by atoms with E-state index < -0.39 is 0 Å². The van der Waals surface area contributed by atoms with Gasteiger partial charge < -0.3 is 15.5 Å². The number of nitrogens with one attached hydrogen (secondary N) is 2. The first-order valence-corrected chi connectivity index (χ1v) is 12.7. The van der Waals surface area contributed by atoms with Crippen molar-refractivity contribution in [1.29, 1.82) is 0 Å². The molecular weight excluding hydrogens is 460 g/mol. The summed E-state index contributed by atoms with van der Waals surface area (Å²) in [7, 11) is 0. The van der Waals surface area contributed by atoms with Crippen LogP contribution in [-0.4, -0.2) is 40.7 Å². The third-order valence-corrected chi connectivity index (χ3v) is 7.01. The summed E-state index contributed by atoms with van der Waals surface area (Å²) in [5.74, 6) is 0.0246. The van der Waals surface area contributed by atoms with Gasteiger partial charge in [0.2, 0.25) is 5.91 Å². The van der Waals surface area contributed by atoms with Gasteiger partial charge in [0.15, 0.2) is 0 Å². The van der Waals surface area contributed by atoms with Gasteiger partial charge in [-0.25, -0.2) is 4.98 Å². The Morgan fingerprint density at radius 2 is 1.83 bits per heavy atom. The zero-order valence-electron chi connectivity index (χ0n) is 20.2. The van der Waals surface area contributed by atoms with Crippen LogP contribution in [0.2, 0.25) is 0 Å². The number of benzene rings is 1. The van der Waals surface area contributed by atoms with Crippen molar-refractivity contribution in [2.75, 3.05) is 23.7 Å². The Morgan fingerprint density at radius 1 is 1.06 bits per heavy atom. The van der Waals surface area contributed by atoms with Crippen LogP contribution >= 0.6 is 11.3 Å². The fourth-order valence-electron chi connectivity index (χ4n) is 4.16. The molecule has 1 aromatic carbocycles. The van der Waals surface area contributed by atoms with Gasteiger partial charge >= 0.3 is 0 Å². The molecule has 0 radical (unpaired) electrons. The van der Waals surface area contributed by atoms with E-state index in [9.17, 15) is 14.4 Å². The third-order valence-electron chi connectivity index (χ3n) is 6.18. The molecule has 3 aromatic rings. The standard InChI is InChI=1S/C27H30N4O3S/c1-17(2)19-9-11-20(12-10-19)24(32)30-26-22(13-15-35-26)27(34)31-14-5-7-21(16-31)25(33)29-23-8-4-6-18(3)28-23/h4,6,8-13,15,17,21H,5,7,14,16H2,1-3H3,(H,30,32)(H,28,29,33). The van der Waals surface area contributed by atoms with Gasteiger partial charge in [-0.2, -0.15) is 0 Å². The highest BCUT2D eigenvalue weighted by atomic mass is 32.1. The molecule has 2 aromatic heterocycles. The van der Waals surface area contributed by atoms with E-state index in [1.54, 1.807) is 34.5 Å². The van der Waals surface area contributed by atoms with Crippen LogP contribution in [0.25, 0.3) is 0 Å². The van der Waals surface area contributed by atoms with Crippen molar-refractivity contribution in [2.45, 2.75) is 39.5 Å². The van der Waals surface area contributed by atoms with Crippen LogP contribution in [0.15, 0.2) is 53.9 Å². The van der Waals surface area contributed by atoms with Gasteiger partial charge in [-0.15, -0.1) is 11.3 Å². The van der Waals surface area contributed by atoms with Crippen molar-refractivity contribution in [2.24, 2.45) is 5.92 Å². The quantitative estimate of drug-likeness (QED) is 0.489. The summed E-state index contributed by atoms with van der Waals surface area (Å²) in [6.07, 6.45) is 1.44. The lowest BCUT2D eigenvalue weighted by Crippen LogP contribution is -2.44. The Balaban J connectivity index is 1.41. The second-order valence-corrected chi connectivity index (χ2v) is 10.1. The van der Waals surface area contributed by atoms with E-state index in [0.717, 1.165) is 17.7 Å². The fraction of sp³-hybridized carbons (Fsp3) is 0.333. The molecule has 3 heterocycles.